The summed E-state index contributed by atoms with van der Waals surface area (Å²) in [4.78, 5) is 11.5. The molecular weight excluding hydrogens is 166 g/mol. The van der Waals surface area contributed by atoms with Crippen LogP contribution in [0.1, 0.15) is 20.8 Å². The van der Waals surface area contributed by atoms with E-state index in [0.29, 0.717) is 5.57 Å². The average molecular weight is 178 g/mol. The van der Waals surface area contributed by atoms with Crippen LogP contribution >= 0.6 is 0 Å². The fraction of sp³-hybridized carbons (Fsp3) is 0.400. The van der Waals surface area contributed by atoms with E-state index in [4.69, 9.17) is 5.41 Å². The van der Waals surface area contributed by atoms with E-state index in [9.17, 15) is 9.90 Å². The van der Waals surface area contributed by atoms with Gasteiger partial charge in [-0.2, -0.15) is 0 Å². The Kier molecular flexibility index (Phi) is 2.36. The van der Waals surface area contributed by atoms with Crippen molar-refractivity contribution in [3.8, 4) is 0 Å². The Labute approximate surface area is 77.3 Å². The Morgan fingerprint density at radius 3 is 2.46 bits per heavy atom. The lowest BCUT2D eigenvalue weighted by molar-refractivity contribution is -0.296. The molecule has 0 aromatic rings. The molecule has 3 nitrogen and oxygen atoms in total. The number of allylic oxidation sites excluding steroid dienone is 3. The second kappa shape index (κ2) is 3.17. The van der Waals surface area contributed by atoms with Crippen LogP contribution in [0.3, 0.4) is 0 Å². The number of carbonyl (C=O) groups is 1. The first kappa shape index (κ1) is 9.71. The van der Waals surface area contributed by atoms with Crippen LogP contribution in [0.15, 0.2) is 23.0 Å². The van der Waals surface area contributed by atoms with Gasteiger partial charge in [0.2, 0.25) is 5.78 Å². The van der Waals surface area contributed by atoms with Crippen molar-refractivity contribution < 1.29 is 9.90 Å². The molecule has 0 unspecified atom stereocenters. The topological polar surface area (TPSA) is 64.0 Å². The Bertz CT molecular complexity index is 335. The van der Waals surface area contributed by atoms with Crippen LogP contribution < -0.4 is 5.11 Å². The first-order valence-electron chi connectivity index (χ1n) is 4.18. The molecule has 1 aliphatic carbocycles. The van der Waals surface area contributed by atoms with Crippen LogP contribution in [0, 0.1) is 11.3 Å². The molecule has 0 aromatic heterocycles. The van der Waals surface area contributed by atoms with Gasteiger partial charge in [-0.3, -0.25) is 10.2 Å². The fourth-order valence-electron chi connectivity index (χ4n) is 1.18. The van der Waals surface area contributed by atoms with Crippen molar-refractivity contribution in [3.05, 3.63) is 23.0 Å². The molecule has 0 aromatic carbocycles. The summed E-state index contributed by atoms with van der Waals surface area (Å²) in [5.41, 5.74) is 0.534. The van der Waals surface area contributed by atoms with Gasteiger partial charge >= 0.3 is 0 Å². The number of rotatable bonds is 1. The fourth-order valence-corrected chi connectivity index (χ4v) is 1.18. The minimum absolute atomic E-state index is 0.00454. The highest BCUT2D eigenvalue weighted by Gasteiger charge is 2.22. The highest BCUT2D eigenvalue weighted by molar-refractivity contribution is 6.51. The number of nitrogens with one attached hydrogen (secondary N) is 1. The molecule has 0 fully saturated rings. The maximum atomic E-state index is 11.5. The zero-order valence-corrected chi connectivity index (χ0v) is 7.97. The van der Waals surface area contributed by atoms with Gasteiger partial charge in [-0.05, 0) is 18.4 Å². The van der Waals surface area contributed by atoms with Crippen molar-refractivity contribution in [1.82, 2.24) is 0 Å². The van der Waals surface area contributed by atoms with E-state index in [1.54, 1.807) is 0 Å². The van der Waals surface area contributed by atoms with Gasteiger partial charge in [0, 0.05) is 5.57 Å². The van der Waals surface area contributed by atoms with Crippen molar-refractivity contribution in [2.24, 2.45) is 5.92 Å². The van der Waals surface area contributed by atoms with E-state index < -0.39 is 0 Å². The Morgan fingerprint density at radius 1 is 1.46 bits per heavy atom. The molecule has 0 saturated heterocycles. The zero-order valence-electron chi connectivity index (χ0n) is 7.97. The van der Waals surface area contributed by atoms with Crippen molar-refractivity contribution in [2.45, 2.75) is 20.8 Å². The van der Waals surface area contributed by atoms with Gasteiger partial charge in [0.25, 0.3) is 0 Å². The smallest absolute Gasteiger partial charge is 0.207 e. The van der Waals surface area contributed by atoms with Crippen molar-refractivity contribution in [3.63, 3.8) is 0 Å². The maximum absolute atomic E-state index is 11.5. The minimum Gasteiger partial charge on any atom is -0.872 e. The van der Waals surface area contributed by atoms with E-state index in [-0.39, 0.29) is 28.7 Å². The predicted molar refractivity (Wildman–Crippen MR) is 48.4 cm³/mol. The molecule has 1 aliphatic rings. The number of hydrogen-bond acceptors (Lipinski definition) is 3. The van der Waals surface area contributed by atoms with Gasteiger partial charge in [-0.15, -0.1) is 5.76 Å². The van der Waals surface area contributed by atoms with Gasteiger partial charge in [-0.25, -0.2) is 0 Å². The molecule has 0 amide bonds. The molecule has 0 bridgehead atoms. The summed E-state index contributed by atoms with van der Waals surface area (Å²) in [6, 6.07) is 0. The Morgan fingerprint density at radius 2 is 2.00 bits per heavy atom. The minimum atomic E-state index is -0.313. The molecule has 1 N–H and O–H groups in total. The number of hydrogen-bond donors (Lipinski definition) is 1. The summed E-state index contributed by atoms with van der Waals surface area (Å²) in [6.07, 6.45) is 1.35. The van der Waals surface area contributed by atoms with E-state index >= 15 is 0 Å². The van der Waals surface area contributed by atoms with Gasteiger partial charge in [0.05, 0.1) is 0 Å². The zero-order chi connectivity index (χ0) is 10.2. The van der Waals surface area contributed by atoms with E-state index in [2.05, 4.69) is 0 Å². The van der Waals surface area contributed by atoms with Crippen LogP contribution in [-0.2, 0) is 4.79 Å². The summed E-state index contributed by atoms with van der Waals surface area (Å²) in [5.74, 6) is -0.523. The average Bonchev–Trinajstić information content (AvgIpc) is 2.07. The van der Waals surface area contributed by atoms with Crippen LogP contribution in [0.2, 0.25) is 0 Å². The maximum Gasteiger partial charge on any atom is 0.207 e. The molecule has 0 aliphatic heterocycles. The number of ketones is 1. The standard InChI is InChI=1S/C10H13NO2/c1-5(2)7-4-8(12)6(3)9(11)10(7)13/h4-5,11-12H,1-3H3/p-1. The molecule has 0 heterocycles. The summed E-state index contributed by atoms with van der Waals surface area (Å²) >= 11 is 0. The normalized spacial score (nSPS) is 18.3. The van der Waals surface area contributed by atoms with E-state index in [1.165, 1.54) is 13.0 Å². The Balaban J connectivity index is 3.21. The predicted octanol–water partition coefficient (Wildman–Crippen LogP) is 0.806. The van der Waals surface area contributed by atoms with E-state index in [1.807, 2.05) is 13.8 Å². The molecule has 13 heavy (non-hydrogen) atoms. The molecular formula is C10H12NO2-. The third kappa shape index (κ3) is 1.54. The molecule has 0 saturated carbocycles. The molecule has 0 radical (unpaired) electrons. The molecule has 3 heteroatoms. The first-order valence-corrected chi connectivity index (χ1v) is 4.18. The van der Waals surface area contributed by atoms with Crippen LogP contribution in [-0.4, -0.2) is 11.5 Å². The lowest BCUT2D eigenvalue weighted by Crippen LogP contribution is -2.27. The highest BCUT2D eigenvalue weighted by atomic mass is 16.3. The molecule has 1 rings (SSSR count). The molecule has 70 valence electrons. The van der Waals surface area contributed by atoms with Crippen molar-refractivity contribution >= 4 is 11.5 Å². The Hall–Kier alpha value is -1.38. The van der Waals surface area contributed by atoms with Gasteiger partial charge in [0.15, 0.2) is 0 Å². The first-order chi connectivity index (χ1) is 5.95. The van der Waals surface area contributed by atoms with E-state index in [0.717, 1.165) is 0 Å². The largest absolute Gasteiger partial charge is 0.872 e. The molecule has 0 spiro atoms. The second-order valence-electron chi connectivity index (χ2n) is 3.45. The van der Waals surface area contributed by atoms with Crippen molar-refractivity contribution in [2.75, 3.05) is 0 Å². The monoisotopic (exact) mass is 178 g/mol. The van der Waals surface area contributed by atoms with Crippen LogP contribution in [0.5, 0.6) is 0 Å². The third-order valence-electron chi connectivity index (χ3n) is 2.14. The van der Waals surface area contributed by atoms with Gasteiger partial charge in [0.1, 0.15) is 5.71 Å². The summed E-state index contributed by atoms with van der Waals surface area (Å²) in [7, 11) is 0. The molecule has 0 atom stereocenters. The SMILES string of the molecule is CC1=C([O-])C=C(C(C)C)C(=O)C1=N. The summed E-state index contributed by atoms with van der Waals surface area (Å²) < 4.78 is 0. The quantitative estimate of drug-likeness (QED) is 0.604. The summed E-state index contributed by atoms with van der Waals surface area (Å²) in [6.45, 7) is 5.19. The lowest BCUT2D eigenvalue weighted by atomic mass is 9.88. The van der Waals surface area contributed by atoms with Gasteiger partial charge < -0.3 is 5.11 Å². The number of Topliss-reactive ketones (excluding diaryl/α,β-unsaturated/α-hetero) is 1. The van der Waals surface area contributed by atoms with Crippen LogP contribution in [0.4, 0.5) is 0 Å². The number of carbonyl (C=O) groups excluding carboxylic acids is 1. The summed E-state index contributed by atoms with van der Waals surface area (Å²) in [5, 5.41) is 18.7. The van der Waals surface area contributed by atoms with Crippen LogP contribution in [0.25, 0.3) is 0 Å². The second-order valence-corrected chi connectivity index (χ2v) is 3.45. The highest BCUT2D eigenvalue weighted by Crippen LogP contribution is 2.20. The lowest BCUT2D eigenvalue weighted by Gasteiger charge is -2.22. The van der Waals surface area contributed by atoms with Gasteiger partial charge in [-0.1, -0.05) is 19.9 Å². The van der Waals surface area contributed by atoms with Crippen molar-refractivity contribution in [1.29, 1.82) is 5.41 Å². The third-order valence-corrected chi connectivity index (χ3v) is 2.14.